The molecule has 0 fully saturated rings. The van der Waals surface area contributed by atoms with Crippen molar-refractivity contribution in [3.63, 3.8) is 0 Å². The molecule has 0 atom stereocenters. The monoisotopic (exact) mass is 346 g/mol. The Balaban J connectivity index is 1.88. The second kappa shape index (κ2) is 6.76. The van der Waals surface area contributed by atoms with Crippen LogP contribution in [0.2, 0.25) is 0 Å². The fraction of sp³-hybridized carbons (Fsp3) is 0.133. The third-order valence-electron chi connectivity index (χ3n) is 3.16. The van der Waals surface area contributed by atoms with Gasteiger partial charge in [0.25, 0.3) is 0 Å². The largest absolute Gasteiger partial charge is 0.504 e. The number of phenolic OH excluding ortho intramolecular Hbond substituents is 1. The number of hydrogen-bond donors (Lipinski definition) is 2. The minimum atomic E-state index is 0.0861. The molecule has 8 heteroatoms. The number of ether oxygens (including phenoxy) is 1. The van der Waals surface area contributed by atoms with E-state index in [2.05, 4.69) is 15.3 Å². The number of aromatic hydroxyl groups is 1. The Morgan fingerprint density at radius 1 is 1.48 bits per heavy atom. The van der Waals surface area contributed by atoms with E-state index >= 15 is 0 Å². The van der Waals surface area contributed by atoms with Crippen molar-refractivity contribution in [2.45, 2.75) is 6.42 Å². The maximum atomic E-state index is 9.61. The smallest absolute Gasteiger partial charge is 0.216 e. The topological polar surface area (TPSA) is 75.4 Å². The summed E-state index contributed by atoms with van der Waals surface area (Å²) in [6.07, 6.45) is 2.30. The number of benzene rings is 1. The molecule has 0 amide bonds. The summed E-state index contributed by atoms with van der Waals surface area (Å²) in [5, 5.41) is 23.0. The van der Waals surface area contributed by atoms with Crippen molar-refractivity contribution in [2.75, 3.05) is 7.11 Å². The van der Waals surface area contributed by atoms with Gasteiger partial charge in [0, 0.05) is 11.3 Å². The van der Waals surface area contributed by atoms with Gasteiger partial charge in [-0.3, -0.25) is 5.10 Å². The van der Waals surface area contributed by atoms with Crippen LogP contribution in [0, 0.1) is 4.77 Å². The molecule has 0 saturated carbocycles. The maximum absolute atomic E-state index is 9.61. The van der Waals surface area contributed by atoms with Gasteiger partial charge in [0.2, 0.25) is 4.77 Å². The van der Waals surface area contributed by atoms with Crippen molar-refractivity contribution in [3.8, 4) is 11.5 Å². The first kappa shape index (κ1) is 15.4. The van der Waals surface area contributed by atoms with E-state index in [0.717, 1.165) is 11.4 Å². The Hall–Kier alpha value is -2.45. The molecule has 0 aliphatic carbocycles. The van der Waals surface area contributed by atoms with E-state index in [4.69, 9.17) is 17.0 Å². The van der Waals surface area contributed by atoms with Gasteiger partial charge >= 0.3 is 0 Å². The summed E-state index contributed by atoms with van der Waals surface area (Å²) in [5.74, 6) is 1.21. The Morgan fingerprint density at radius 3 is 3.09 bits per heavy atom. The number of hydrogen-bond acceptors (Lipinski definition) is 6. The highest BCUT2D eigenvalue weighted by Gasteiger charge is 2.07. The lowest BCUT2D eigenvalue weighted by molar-refractivity contribution is 0.373. The normalized spacial score (nSPS) is 11.2. The molecular formula is C15H14N4O2S2. The summed E-state index contributed by atoms with van der Waals surface area (Å²) in [6.45, 7) is 0. The molecule has 0 spiro atoms. The van der Waals surface area contributed by atoms with Crippen LogP contribution in [0.3, 0.4) is 0 Å². The maximum Gasteiger partial charge on any atom is 0.216 e. The minimum absolute atomic E-state index is 0.0861. The van der Waals surface area contributed by atoms with E-state index in [-0.39, 0.29) is 5.75 Å². The number of H-pyrrole nitrogens is 1. The summed E-state index contributed by atoms with van der Waals surface area (Å²) < 4.78 is 7.10. The van der Waals surface area contributed by atoms with Gasteiger partial charge in [0.15, 0.2) is 17.3 Å². The summed E-state index contributed by atoms with van der Waals surface area (Å²) in [7, 11) is 1.50. The van der Waals surface area contributed by atoms with Gasteiger partial charge in [-0.15, -0.1) is 11.3 Å². The third-order valence-corrected chi connectivity index (χ3v) is 4.30. The van der Waals surface area contributed by atoms with Crippen LogP contribution in [0.5, 0.6) is 11.5 Å². The first-order chi connectivity index (χ1) is 11.2. The van der Waals surface area contributed by atoms with Gasteiger partial charge in [0.1, 0.15) is 0 Å². The van der Waals surface area contributed by atoms with Crippen LogP contribution in [-0.2, 0) is 6.42 Å². The lowest BCUT2D eigenvalue weighted by Crippen LogP contribution is -1.99. The third kappa shape index (κ3) is 3.49. The molecule has 2 N–H and O–H groups in total. The van der Waals surface area contributed by atoms with Crippen LogP contribution in [0.1, 0.15) is 16.3 Å². The standard InChI is InChI=1S/C15H14N4O2S2/c1-21-13-7-10(4-5-12(13)20)9-16-19-14(17-18-15(19)22)8-11-3-2-6-23-11/h2-7,9,20H,8H2,1H3,(H,18,22)/b16-9-. The molecule has 2 heterocycles. The van der Waals surface area contributed by atoms with Crippen molar-refractivity contribution in [1.82, 2.24) is 14.9 Å². The highest BCUT2D eigenvalue weighted by Crippen LogP contribution is 2.25. The fourth-order valence-corrected chi connectivity index (χ4v) is 2.93. The quantitative estimate of drug-likeness (QED) is 0.549. The van der Waals surface area contributed by atoms with Crippen LogP contribution in [0.4, 0.5) is 0 Å². The van der Waals surface area contributed by atoms with E-state index in [1.807, 2.05) is 17.5 Å². The van der Waals surface area contributed by atoms with E-state index in [1.54, 1.807) is 40.4 Å². The minimum Gasteiger partial charge on any atom is -0.504 e. The van der Waals surface area contributed by atoms with Gasteiger partial charge in [-0.1, -0.05) is 6.07 Å². The van der Waals surface area contributed by atoms with E-state index in [1.165, 1.54) is 12.0 Å². The van der Waals surface area contributed by atoms with E-state index in [9.17, 15) is 5.11 Å². The second-order valence-corrected chi connectivity index (χ2v) is 6.11. The summed E-state index contributed by atoms with van der Waals surface area (Å²) >= 11 is 6.88. The van der Waals surface area contributed by atoms with Crippen molar-refractivity contribution in [2.24, 2.45) is 5.10 Å². The Morgan fingerprint density at radius 2 is 2.35 bits per heavy atom. The van der Waals surface area contributed by atoms with Gasteiger partial charge in [-0.05, 0) is 47.4 Å². The molecule has 3 aromatic rings. The SMILES string of the molecule is COc1cc(/C=N\n2c(Cc3cccs3)n[nH]c2=S)ccc1O. The van der Waals surface area contributed by atoms with Crippen molar-refractivity contribution >= 4 is 29.8 Å². The van der Waals surface area contributed by atoms with Crippen molar-refractivity contribution < 1.29 is 9.84 Å². The van der Waals surface area contributed by atoms with Gasteiger partial charge < -0.3 is 9.84 Å². The van der Waals surface area contributed by atoms with Crippen LogP contribution in [-0.4, -0.2) is 33.3 Å². The van der Waals surface area contributed by atoms with Crippen LogP contribution in [0.25, 0.3) is 0 Å². The lowest BCUT2D eigenvalue weighted by Gasteiger charge is -2.03. The van der Waals surface area contributed by atoms with Gasteiger partial charge in [-0.2, -0.15) is 14.9 Å². The Labute approximate surface area is 141 Å². The molecule has 0 aliphatic rings. The molecule has 0 unspecified atom stereocenters. The lowest BCUT2D eigenvalue weighted by atomic mass is 10.2. The van der Waals surface area contributed by atoms with Crippen molar-refractivity contribution in [3.05, 3.63) is 56.7 Å². The number of nitrogens with one attached hydrogen (secondary N) is 1. The predicted octanol–water partition coefficient (Wildman–Crippen LogP) is 3.19. The van der Waals surface area contributed by atoms with Crippen LogP contribution < -0.4 is 4.74 Å². The number of nitrogens with zero attached hydrogens (tertiary/aromatic N) is 3. The van der Waals surface area contributed by atoms with Gasteiger partial charge in [0.05, 0.1) is 13.3 Å². The highest BCUT2D eigenvalue weighted by molar-refractivity contribution is 7.71. The number of phenols is 1. The number of aromatic nitrogens is 3. The predicted molar refractivity (Wildman–Crippen MR) is 92.2 cm³/mol. The average Bonchev–Trinajstić information content (AvgIpc) is 3.18. The molecule has 0 saturated heterocycles. The zero-order valence-corrected chi connectivity index (χ0v) is 13.9. The summed E-state index contributed by atoms with van der Waals surface area (Å²) in [4.78, 5) is 1.18. The number of rotatable bonds is 5. The molecule has 118 valence electrons. The number of thiophene rings is 1. The molecule has 0 radical (unpaired) electrons. The second-order valence-electron chi connectivity index (χ2n) is 4.69. The number of methoxy groups -OCH3 is 1. The van der Waals surface area contributed by atoms with Crippen LogP contribution >= 0.6 is 23.6 Å². The fourth-order valence-electron chi connectivity index (χ4n) is 2.03. The molecule has 23 heavy (non-hydrogen) atoms. The van der Waals surface area contributed by atoms with Crippen LogP contribution in [0.15, 0.2) is 40.8 Å². The Bertz CT molecular complexity index is 881. The first-order valence-corrected chi connectivity index (χ1v) is 8.06. The highest BCUT2D eigenvalue weighted by atomic mass is 32.1. The first-order valence-electron chi connectivity index (χ1n) is 6.77. The average molecular weight is 346 g/mol. The zero-order chi connectivity index (χ0) is 16.2. The summed E-state index contributed by atoms with van der Waals surface area (Å²) in [6, 6.07) is 9.03. The van der Waals surface area contributed by atoms with Gasteiger partial charge in [-0.25, -0.2) is 0 Å². The molecule has 2 aromatic heterocycles. The summed E-state index contributed by atoms with van der Waals surface area (Å²) in [5.41, 5.74) is 0.782. The molecule has 3 rings (SSSR count). The molecule has 0 aliphatic heterocycles. The Kier molecular flexibility index (Phi) is 4.54. The molecular weight excluding hydrogens is 332 g/mol. The van der Waals surface area contributed by atoms with E-state index in [0.29, 0.717) is 16.9 Å². The zero-order valence-electron chi connectivity index (χ0n) is 12.3. The van der Waals surface area contributed by atoms with Crippen molar-refractivity contribution in [1.29, 1.82) is 0 Å². The number of aromatic amines is 1. The molecule has 6 nitrogen and oxygen atoms in total. The molecule has 0 bridgehead atoms. The molecule has 1 aromatic carbocycles. The van der Waals surface area contributed by atoms with E-state index < -0.39 is 0 Å².